The van der Waals surface area contributed by atoms with Crippen LogP contribution >= 0.6 is 11.3 Å². The summed E-state index contributed by atoms with van der Waals surface area (Å²) in [4.78, 5) is 5.28. The molecule has 0 spiro atoms. The number of ether oxygens (including phenoxy) is 1. The summed E-state index contributed by atoms with van der Waals surface area (Å²) in [5.41, 5.74) is 6.99. The molecule has 5 heteroatoms. The van der Waals surface area contributed by atoms with Gasteiger partial charge in [0.2, 0.25) is 0 Å². The number of benzene rings is 1. The maximum Gasteiger partial charge on any atom is 0.136 e. The SMILES string of the molecule is COc1ccc(-c2nc(C)sc2C(C)N)c(F)c1. The Morgan fingerprint density at radius 3 is 2.72 bits per heavy atom. The molecule has 0 saturated carbocycles. The fourth-order valence-electron chi connectivity index (χ4n) is 1.76. The summed E-state index contributed by atoms with van der Waals surface area (Å²) in [6.45, 7) is 3.76. The minimum atomic E-state index is -0.346. The molecule has 0 amide bonds. The molecule has 0 bridgehead atoms. The highest BCUT2D eigenvalue weighted by Crippen LogP contribution is 2.34. The quantitative estimate of drug-likeness (QED) is 0.927. The first-order chi connectivity index (χ1) is 8.52. The predicted octanol–water partition coefficient (Wildman–Crippen LogP) is 3.29. The Bertz CT molecular complexity index is 566. The van der Waals surface area contributed by atoms with Crippen LogP contribution in [0.1, 0.15) is 22.9 Å². The monoisotopic (exact) mass is 266 g/mol. The minimum absolute atomic E-state index is 0.160. The van der Waals surface area contributed by atoms with Gasteiger partial charge in [-0.3, -0.25) is 0 Å². The number of nitrogens with zero attached hydrogens (tertiary/aromatic N) is 1. The maximum atomic E-state index is 14.0. The summed E-state index contributed by atoms with van der Waals surface area (Å²) >= 11 is 1.50. The summed E-state index contributed by atoms with van der Waals surface area (Å²) in [5.74, 6) is 0.145. The van der Waals surface area contributed by atoms with Crippen molar-refractivity contribution in [2.45, 2.75) is 19.9 Å². The normalized spacial score (nSPS) is 12.5. The number of methoxy groups -OCH3 is 1. The molecule has 1 atom stereocenters. The van der Waals surface area contributed by atoms with Crippen molar-refractivity contribution in [1.29, 1.82) is 0 Å². The minimum Gasteiger partial charge on any atom is -0.497 e. The largest absolute Gasteiger partial charge is 0.497 e. The second kappa shape index (κ2) is 5.04. The third kappa shape index (κ3) is 2.37. The molecule has 0 aliphatic rings. The fraction of sp³-hybridized carbons (Fsp3) is 0.308. The van der Waals surface area contributed by atoms with Gasteiger partial charge in [0.1, 0.15) is 11.6 Å². The number of aromatic nitrogens is 1. The molecule has 0 radical (unpaired) electrons. The molecule has 0 aliphatic heterocycles. The zero-order chi connectivity index (χ0) is 13.3. The van der Waals surface area contributed by atoms with Crippen LogP contribution in [0.3, 0.4) is 0 Å². The molecule has 2 N–H and O–H groups in total. The lowest BCUT2D eigenvalue weighted by Crippen LogP contribution is -2.04. The summed E-state index contributed by atoms with van der Waals surface area (Å²) in [5, 5.41) is 0.882. The maximum absolute atomic E-state index is 14.0. The van der Waals surface area contributed by atoms with Crippen LogP contribution in [0.5, 0.6) is 5.75 Å². The van der Waals surface area contributed by atoms with Crippen LogP contribution in [0, 0.1) is 12.7 Å². The average Bonchev–Trinajstić information content (AvgIpc) is 2.71. The number of rotatable bonds is 3. The third-order valence-electron chi connectivity index (χ3n) is 2.61. The van der Waals surface area contributed by atoms with Crippen molar-refractivity contribution < 1.29 is 9.13 Å². The van der Waals surface area contributed by atoms with Gasteiger partial charge in [-0.05, 0) is 26.0 Å². The summed E-state index contributed by atoms with van der Waals surface area (Å²) in [6, 6.07) is 4.59. The van der Waals surface area contributed by atoms with Crippen LogP contribution in [0.2, 0.25) is 0 Å². The molecule has 2 aromatic rings. The molecule has 18 heavy (non-hydrogen) atoms. The molecule has 1 unspecified atom stereocenters. The number of hydrogen-bond donors (Lipinski definition) is 1. The van der Waals surface area contributed by atoms with E-state index in [1.165, 1.54) is 24.5 Å². The molecule has 96 valence electrons. The Hall–Kier alpha value is -1.46. The summed E-state index contributed by atoms with van der Waals surface area (Å²) in [7, 11) is 1.51. The molecule has 1 aromatic heterocycles. The Labute approximate surface area is 109 Å². The van der Waals surface area contributed by atoms with E-state index >= 15 is 0 Å². The van der Waals surface area contributed by atoms with Gasteiger partial charge in [-0.1, -0.05) is 0 Å². The van der Waals surface area contributed by atoms with Crippen molar-refractivity contribution in [1.82, 2.24) is 4.98 Å². The van der Waals surface area contributed by atoms with Gasteiger partial charge >= 0.3 is 0 Å². The molecule has 1 heterocycles. The third-order valence-corrected chi connectivity index (χ3v) is 3.78. The lowest BCUT2D eigenvalue weighted by molar-refractivity contribution is 0.411. The molecule has 3 nitrogen and oxygen atoms in total. The van der Waals surface area contributed by atoms with Crippen LogP contribution in [0.4, 0.5) is 4.39 Å². The van der Waals surface area contributed by atoms with E-state index < -0.39 is 0 Å². The highest BCUT2D eigenvalue weighted by atomic mass is 32.1. The lowest BCUT2D eigenvalue weighted by Gasteiger charge is -2.07. The van der Waals surface area contributed by atoms with Crippen molar-refractivity contribution in [2.24, 2.45) is 5.73 Å². The Morgan fingerprint density at radius 2 is 2.17 bits per heavy atom. The van der Waals surface area contributed by atoms with Crippen LogP contribution < -0.4 is 10.5 Å². The zero-order valence-corrected chi connectivity index (χ0v) is 11.3. The highest BCUT2D eigenvalue weighted by Gasteiger charge is 2.17. The lowest BCUT2D eigenvalue weighted by atomic mass is 10.1. The molecular weight excluding hydrogens is 251 g/mol. The van der Waals surface area contributed by atoms with Crippen molar-refractivity contribution in [3.63, 3.8) is 0 Å². The van der Waals surface area contributed by atoms with Crippen LogP contribution in [0.25, 0.3) is 11.3 Å². The Morgan fingerprint density at radius 1 is 1.44 bits per heavy atom. The van der Waals surface area contributed by atoms with Crippen LogP contribution in [-0.2, 0) is 0 Å². The van der Waals surface area contributed by atoms with Crippen molar-refractivity contribution in [3.8, 4) is 17.0 Å². The van der Waals surface area contributed by atoms with Gasteiger partial charge in [0.05, 0.1) is 17.8 Å². The molecule has 0 aliphatic carbocycles. The number of aryl methyl sites for hydroxylation is 1. The second-order valence-electron chi connectivity index (χ2n) is 4.08. The molecule has 2 rings (SSSR count). The smallest absolute Gasteiger partial charge is 0.136 e. The first-order valence-electron chi connectivity index (χ1n) is 5.59. The van der Waals surface area contributed by atoms with Crippen molar-refractivity contribution in [3.05, 3.63) is 33.9 Å². The van der Waals surface area contributed by atoms with E-state index in [4.69, 9.17) is 10.5 Å². The van der Waals surface area contributed by atoms with Crippen molar-refractivity contribution >= 4 is 11.3 Å². The standard InChI is InChI=1S/C13H15FN2OS/c1-7(15)13-12(16-8(2)18-13)10-5-4-9(17-3)6-11(10)14/h4-7H,15H2,1-3H3. The first kappa shape index (κ1) is 13.0. The highest BCUT2D eigenvalue weighted by molar-refractivity contribution is 7.12. The van der Waals surface area contributed by atoms with E-state index in [1.54, 1.807) is 12.1 Å². The zero-order valence-electron chi connectivity index (χ0n) is 10.5. The number of nitrogens with two attached hydrogens (primary N) is 1. The average molecular weight is 266 g/mol. The van der Waals surface area contributed by atoms with Gasteiger partial charge in [0.25, 0.3) is 0 Å². The van der Waals surface area contributed by atoms with Crippen LogP contribution in [-0.4, -0.2) is 12.1 Å². The molecule has 0 fully saturated rings. The van der Waals surface area contributed by atoms with Gasteiger partial charge < -0.3 is 10.5 Å². The molecule has 1 aromatic carbocycles. The predicted molar refractivity (Wildman–Crippen MR) is 71.4 cm³/mol. The fourth-order valence-corrected chi connectivity index (χ4v) is 2.65. The van der Waals surface area contributed by atoms with Gasteiger partial charge in [-0.15, -0.1) is 11.3 Å². The summed E-state index contributed by atoms with van der Waals surface area (Å²) in [6.07, 6.45) is 0. The van der Waals surface area contributed by atoms with Gasteiger partial charge in [0, 0.05) is 22.5 Å². The van der Waals surface area contributed by atoms with E-state index in [0.717, 1.165) is 9.88 Å². The van der Waals surface area contributed by atoms with E-state index in [1.807, 2.05) is 13.8 Å². The summed E-state index contributed by atoms with van der Waals surface area (Å²) < 4.78 is 19.0. The topological polar surface area (TPSA) is 48.1 Å². The Kier molecular flexibility index (Phi) is 3.63. The van der Waals surface area contributed by atoms with Gasteiger partial charge in [-0.25, -0.2) is 9.37 Å². The number of halogens is 1. The number of thiazole rings is 1. The van der Waals surface area contributed by atoms with E-state index in [0.29, 0.717) is 17.0 Å². The Balaban J connectivity index is 2.55. The van der Waals surface area contributed by atoms with Gasteiger partial charge in [-0.2, -0.15) is 0 Å². The van der Waals surface area contributed by atoms with E-state index in [9.17, 15) is 4.39 Å². The molecule has 0 saturated heterocycles. The van der Waals surface area contributed by atoms with Gasteiger partial charge in [0.15, 0.2) is 0 Å². The first-order valence-corrected chi connectivity index (χ1v) is 6.41. The van der Waals surface area contributed by atoms with E-state index in [-0.39, 0.29) is 11.9 Å². The van der Waals surface area contributed by atoms with Crippen LogP contribution in [0.15, 0.2) is 18.2 Å². The second-order valence-corrected chi connectivity index (χ2v) is 5.31. The number of hydrogen-bond acceptors (Lipinski definition) is 4. The molecular formula is C13H15FN2OS. The van der Waals surface area contributed by atoms with Crippen molar-refractivity contribution in [2.75, 3.05) is 7.11 Å². The van der Waals surface area contributed by atoms with E-state index in [2.05, 4.69) is 4.98 Å².